The highest BCUT2D eigenvalue weighted by Crippen LogP contribution is 2.36. The van der Waals surface area contributed by atoms with Crippen LogP contribution in [0.15, 0.2) is 87.5 Å². The molecule has 0 amide bonds. The summed E-state index contributed by atoms with van der Waals surface area (Å²) in [4.78, 5) is 20.0. The van der Waals surface area contributed by atoms with E-state index in [-0.39, 0.29) is 17.3 Å². The van der Waals surface area contributed by atoms with Crippen molar-refractivity contribution < 1.29 is 27.4 Å². The second-order valence-electron chi connectivity index (χ2n) is 9.08. The molecule has 2 atom stereocenters. The lowest BCUT2D eigenvalue weighted by atomic mass is 10.1. The quantitative estimate of drug-likeness (QED) is 0.326. The molecule has 9 nitrogen and oxygen atoms in total. The fourth-order valence-corrected chi connectivity index (χ4v) is 6.06. The monoisotopic (exact) mass is 551 g/mol. The van der Waals surface area contributed by atoms with Gasteiger partial charge < -0.3 is 14.6 Å². The van der Waals surface area contributed by atoms with Crippen LogP contribution in [-0.2, 0) is 19.3 Å². The standard InChI is InChI=1S/C28H26FN3O6S/c1-37-17-22(19-6-3-2-4-7-19)32-26(23-8-5-15-38-23)31-27(33)25(28(32)34)39(35,36)21-12-9-18(10-13-21)20-11-14-24(29)30-16-20/h2-4,6-7,9-14,16,22-23,34H,5,8,15,17H2,1H3. The van der Waals surface area contributed by atoms with Gasteiger partial charge in [0.1, 0.15) is 11.9 Å². The van der Waals surface area contributed by atoms with Crippen molar-refractivity contribution in [3.63, 3.8) is 0 Å². The first kappa shape index (κ1) is 26.7. The molecule has 2 unspecified atom stereocenters. The highest BCUT2D eigenvalue weighted by Gasteiger charge is 2.35. The number of nitrogens with zero attached hydrogens (tertiary/aromatic N) is 3. The fourth-order valence-electron chi connectivity index (χ4n) is 4.72. The Bertz CT molecular complexity index is 1620. The van der Waals surface area contributed by atoms with Crippen LogP contribution in [0.5, 0.6) is 5.88 Å². The third-order valence-electron chi connectivity index (χ3n) is 6.62. The summed E-state index contributed by atoms with van der Waals surface area (Å²) in [5, 5.41) is 11.5. The van der Waals surface area contributed by atoms with Gasteiger partial charge in [0, 0.05) is 25.5 Å². The van der Waals surface area contributed by atoms with Crippen molar-refractivity contribution in [1.29, 1.82) is 0 Å². The lowest BCUT2D eigenvalue weighted by molar-refractivity contribution is 0.0925. The van der Waals surface area contributed by atoms with Crippen molar-refractivity contribution >= 4 is 9.84 Å². The minimum absolute atomic E-state index is 0.0712. The number of sulfone groups is 1. The summed E-state index contributed by atoms with van der Waals surface area (Å²) in [6.07, 6.45) is 2.03. The Morgan fingerprint density at radius 3 is 2.44 bits per heavy atom. The Hall–Kier alpha value is -3.93. The van der Waals surface area contributed by atoms with E-state index in [0.29, 0.717) is 24.2 Å². The average Bonchev–Trinajstić information content (AvgIpc) is 3.48. The number of halogens is 1. The Morgan fingerprint density at radius 1 is 1.10 bits per heavy atom. The molecule has 0 radical (unpaired) electrons. The van der Waals surface area contributed by atoms with Crippen molar-refractivity contribution in [1.82, 2.24) is 14.5 Å². The van der Waals surface area contributed by atoms with Crippen LogP contribution in [0.4, 0.5) is 4.39 Å². The zero-order valence-corrected chi connectivity index (χ0v) is 21.8. The van der Waals surface area contributed by atoms with Crippen molar-refractivity contribution in [3.8, 4) is 17.0 Å². The van der Waals surface area contributed by atoms with Crippen LogP contribution >= 0.6 is 0 Å². The summed E-state index contributed by atoms with van der Waals surface area (Å²) >= 11 is 0. The third-order valence-corrected chi connectivity index (χ3v) is 8.41. The molecular weight excluding hydrogens is 525 g/mol. The Kier molecular flexibility index (Phi) is 7.56. The first-order chi connectivity index (χ1) is 18.8. The number of methoxy groups -OCH3 is 1. The first-order valence-corrected chi connectivity index (χ1v) is 13.8. The van der Waals surface area contributed by atoms with Gasteiger partial charge >= 0.3 is 0 Å². The van der Waals surface area contributed by atoms with Crippen LogP contribution in [0, 0.1) is 5.95 Å². The Morgan fingerprint density at radius 2 is 1.82 bits per heavy atom. The molecule has 1 aliphatic heterocycles. The van der Waals surface area contributed by atoms with Crippen molar-refractivity contribution in [3.05, 3.63) is 101 Å². The van der Waals surface area contributed by atoms with Crippen LogP contribution in [0.3, 0.4) is 0 Å². The molecule has 5 rings (SSSR count). The van der Waals surface area contributed by atoms with Gasteiger partial charge in [0.15, 0.2) is 4.90 Å². The second kappa shape index (κ2) is 11.0. The lowest BCUT2D eigenvalue weighted by Gasteiger charge is -2.27. The van der Waals surface area contributed by atoms with E-state index in [9.17, 15) is 22.7 Å². The molecule has 1 saturated heterocycles. The van der Waals surface area contributed by atoms with Crippen LogP contribution in [0.2, 0.25) is 0 Å². The van der Waals surface area contributed by atoms with Gasteiger partial charge in [-0.3, -0.25) is 9.36 Å². The molecule has 1 fully saturated rings. The predicted molar refractivity (Wildman–Crippen MR) is 140 cm³/mol. The molecule has 0 saturated carbocycles. The Balaban J connectivity index is 1.65. The molecule has 1 N–H and O–H groups in total. The molecular formula is C28H26FN3O6S. The van der Waals surface area contributed by atoms with Crippen molar-refractivity contribution in [2.45, 2.75) is 34.8 Å². The van der Waals surface area contributed by atoms with Gasteiger partial charge in [-0.2, -0.15) is 9.37 Å². The number of hydrogen-bond donors (Lipinski definition) is 1. The normalized spacial score (nSPS) is 16.3. The molecule has 39 heavy (non-hydrogen) atoms. The van der Waals surface area contributed by atoms with Crippen LogP contribution < -0.4 is 5.56 Å². The maximum Gasteiger partial charge on any atom is 0.296 e. The van der Waals surface area contributed by atoms with E-state index in [1.54, 1.807) is 0 Å². The maximum atomic E-state index is 13.7. The topological polar surface area (TPSA) is 121 Å². The smallest absolute Gasteiger partial charge is 0.296 e. The molecule has 4 aromatic rings. The SMILES string of the molecule is COCC(c1ccccc1)n1c(C2CCCO2)nc(=O)c(S(=O)(=O)c2ccc(-c3ccc(F)nc3)cc2)c1O. The van der Waals surface area contributed by atoms with Gasteiger partial charge in [-0.05, 0) is 48.2 Å². The van der Waals surface area contributed by atoms with Gasteiger partial charge in [-0.1, -0.05) is 42.5 Å². The molecule has 1 aliphatic rings. The number of aromatic hydroxyl groups is 1. The maximum absolute atomic E-state index is 13.7. The molecule has 11 heteroatoms. The largest absolute Gasteiger partial charge is 0.493 e. The summed E-state index contributed by atoms with van der Waals surface area (Å²) < 4.78 is 53.2. The minimum atomic E-state index is -4.50. The van der Waals surface area contributed by atoms with E-state index in [2.05, 4.69) is 9.97 Å². The minimum Gasteiger partial charge on any atom is -0.493 e. The van der Waals surface area contributed by atoms with Crippen molar-refractivity contribution in [2.24, 2.45) is 0 Å². The van der Waals surface area contributed by atoms with Crippen LogP contribution in [0.25, 0.3) is 11.1 Å². The van der Waals surface area contributed by atoms with E-state index in [1.807, 2.05) is 30.3 Å². The highest BCUT2D eigenvalue weighted by molar-refractivity contribution is 7.91. The summed E-state index contributed by atoms with van der Waals surface area (Å²) in [7, 11) is -3.01. The lowest BCUT2D eigenvalue weighted by Crippen LogP contribution is -2.30. The molecule has 0 aliphatic carbocycles. The summed E-state index contributed by atoms with van der Waals surface area (Å²) in [6.45, 7) is 0.527. The Labute approximate surface area is 224 Å². The van der Waals surface area contributed by atoms with E-state index >= 15 is 0 Å². The van der Waals surface area contributed by atoms with Gasteiger partial charge in [0.05, 0.1) is 17.5 Å². The molecule has 2 aromatic carbocycles. The van der Waals surface area contributed by atoms with E-state index in [4.69, 9.17) is 9.47 Å². The number of aromatic nitrogens is 3. The van der Waals surface area contributed by atoms with Gasteiger partial charge in [-0.25, -0.2) is 13.4 Å². The van der Waals surface area contributed by atoms with E-state index < -0.39 is 44.3 Å². The number of hydrogen-bond acceptors (Lipinski definition) is 8. The molecule has 202 valence electrons. The molecule has 0 spiro atoms. The van der Waals surface area contributed by atoms with Gasteiger partial charge in [-0.15, -0.1) is 0 Å². The van der Waals surface area contributed by atoms with E-state index in [1.165, 1.54) is 54.3 Å². The van der Waals surface area contributed by atoms with Crippen LogP contribution in [-0.4, -0.2) is 48.4 Å². The van der Waals surface area contributed by atoms with Crippen LogP contribution in [0.1, 0.15) is 36.4 Å². The third kappa shape index (κ3) is 5.20. The number of benzene rings is 2. The van der Waals surface area contributed by atoms with E-state index in [0.717, 1.165) is 12.0 Å². The summed E-state index contributed by atoms with van der Waals surface area (Å²) in [6, 6.07) is 16.8. The zero-order chi connectivity index (χ0) is 27.6. The first-order valence-electron chi connectivity index (χ1n) is 12.3. The second-order valence-corrected chi connectivity index (χ2v) is 11.0. The summed E-state index contributed by atoms with van der Waals surface area (Å²) in [5.41, 5.74) is 0.822. The van der Waals surface area contributed by atoms with Gasteiger partial charge in [0.2, 0.25) is 21.7 Å². The fraction of sp³-hybridized carbons (Fsp3) is 0.250. The number of rotatable bonds is 8. The predicted octanol–water partition coefficient (Wildman–Crippen LogP) is 4.07. The molecule has 3 heterocycles. The molecule has 0 bridgehead atoms. The van der Waals surface area contributed by atoms with Crippen molar-refractivity contribution in [2.75, 3.05) is 20.3 Å². The average molecular weight is 552 g/mol. The number of pyridine rings is 1. The van der Waals surface area contributed by atoms with Gasteiger partial charge in [0.25, 0.3) is 5.56 Å². The zero-order valence-electron chi connectivity index (χ0n) is 21.0. The summed E-state index contributed by atoms with van der Waals surface area (Å²) in [5.74, 6) is -1.23. The highest BCUT2D eigenvalue weighted by atomic mass is 32.2. The molecule has 2 aromatic heterocycles. The number of ether oxygens (including phenoxy) is 2.